The Morgan fingerprint density at radius 1 is 1.69 bits per heavy atom. The van der Waals surface area contributed by atoms with Crippen molar-refractivity contribution in [2.24, 2.45) is 0 Å². The molecule has 0 aromatic carbocycles. The number of amides is 1. The van der Waals surface area contributed by atoms with Crippen molar-refractivity contribution < 1.29 is 4.79 Å². The topological polar surface area (TPSA) is 65.8 Å². The lowest BCUT2D eigenvalue weighted by atomic mass is 10.1. The first-order valence-corrected chi connectivity index (χ1v) is 5.30. The van der Waals surface area contributed by atoms with E-state index >= 15 is 0 Å². The van der Waals surface area contributed by atoms with E-state index in [2.05, 4.69) is 16.4 Å². The van der Waals surface area contributed by atoms with E-state index in [4.69, 9.17) is 5.26 Å². The molecule has 0 spiro atoms. The smallest absolute Gasteiger partial charge is 0.252 e. The van der Waals surface area contributed by atoms with Gasteiger partial charge in [-0.05, 0) is 25.5 Å². The number of rotatable bonds is 4. The van der Waals surface area contributed by atoms with Gasteiger partial charge in [-0.25, -0.2) is 0 Å². The Hall–Kier alpha value is -1.89. The molecule has 1 unspecified atom stereocenters. The molecule has 1 amide bonds. The third kappa shape index (κ3) is 3.35. The highest BCUT2D eigenvalue weighted by Crippen LogP contribution is 2.02. The second kappa shape index (κ2) is 5.86. The van der Waals surface area contributed by atoms with E-state index in [1.54, 1.807) is 18.3 Å². The van der Waals surface area contributed by atoms with Crippen LogP contribution in [0.4, 0.5) is 0 Å². The molecular weight excluding hydrogens is 202 g/mol. The number of hydrogen-bond donors (Lipinski definition) is 1. The van der Waals surface area contributed by atoms with Crippen LogP contribution in [0.5, 0.6) is 0 Å². The first-order chi connectivity index (χ1) is 7.67. The summed E-state index contributed by atoms with van der Waals surface area (Å²) in [6.07, 6.45) is 3.13. The Balaban J connectivity index is 2.69. The van der Waals surface area contributed by atoms with Crippen molar-refractivity contribution in [1.82, 2.24) is 10.3 Å². The molecular formula is C12H15N3O. The summed E-state index contributed by atoms with van der Waals surface area (Å²) in [6.45, 7) is 3.80. The normalized spacial score (nSPS) is 11.6. The molecule has 0 radical (unpaired) electrons. The molecule has 0 saturated heterocycles. The van der Waals surface area contributed by atoms with Crippen LogP contribution >= 0.6 is 0 Å². The fraction of sp³-hybridized carbons (Fsp3) is 0.417. The number of aromatic nitrogens is 1. The lowest BCUT2D eigenvalue weighted by molar-refractivity contribution is 0.0943. The summed E-state index contributed by atoms with van der Waals surface area (Å²) >= 11 is 0. The Labute approximate surface area is 95.3 Å². The molecule has 0 bridgehead atoms. The fourth-order valence-corrected chi connectivity index (χ4v) is 1.39. The molecule has 0 saturated carbocycles. The van der Waals surface area contributed by atoms with Crippen molar-refractivity contribution in [3.05, 3.63) is 29.6 Å². The third-order valence-electron chi connectivity index (χ3n) is 2.20. The zero-order valence-electron chi connectivity index (χ0n) is 9.53. The van der Waals surface area contributed by atoms with Crippen LogP contribution in [-0.2, 0) is 0 Å². The van der Waals surface area contributed by atoms with Crippen LogP contribution in [-0.4, -0.2) is 16.9 Å². The average molecular weight is 217 g/mol. The van der Waals surface area contributed by atoms with Crippen molar-refractivity contribution >= 4 is 5.91 Å². The predicted octanol–water partition coefficient (Wildman–Crippen LogP) is 1.81. The van der Waals surface area contributed by atoms with Gasteiger partial charge in [-0.1, -0.05) is 13.3 Å². The number of pyridine rings is 1. The Morgan fingerprint density at radius 3 is 3.00 bits per heavy atom. The Bertz CT molecular complexity index is 409. The first kappa shape index (κ1) is 12.2. The standard InChI is InChI=1S/C12H15N3O/c1-3-4-11(8-13)15-12(16)10-5-6-14-9(2)7-10/h5-7,11H,3-4H2,1-2H3,(H,15,16). The van der Waals surface area contributed by atoms with Gasteiger partial charge in [-0.2, -0.15) is 5.26 Å². The lowest BCUT2D eigenvalue weighted by Gasteiger charge is -2.10. The molecule has 1 aromatic heterocycles. The predicted molar refractivity (Wildman–Crippen MR) is 60.7 cm³/mol. The van der Waals surface area contributed by atoms with Crippen molar-refractivity contribution in [3.63, 3.8) is 0 Å². The summed E-state index contributed by atoms with van der Waals surface area (Å²) in [5.74, 6) is -0.217. The highest BCUT2D eigenvalue weighted by molar-refractivity contribution is 5.94. The molecule has 1 rings (SSSR count). The fourth-order valence-electron chi connectivity index (χ4n) is 1.39. The molecule has 0 fully saturated rings. The monoisotopic (exact) mass is 217 g/mol. The minimum absolute atomic E-state index is 0.217. The maximum Gasteiger partial charge on any atom is 0.252 e. The van der Waals surface area contributed by atoms with Gasteiger partial charge in [0.2, 0.25) is 0 Å². The van der Waals surface area contributed by atoms with Gasteiger partial charge >= 0.3 is 0 Å². The summed E-state index contributed by atoms with van der Waals surface area (Å²) in [4.78, 5) is 15.8. The van der Waals surface area contributed by atoms with Gasteiger partial charge in [0.15, 0.2) is 0 Å². The zero-order chi connectivity index (χ0) is 12.0. The van der Waals surface area contributed by atoms with Crippen LogP contribution in [0.2, 0.25) is 0 Å². The van der Waals surface area contributed by atoms with Crippen molar-refractivity contribution in [1.29, 1.82) is 5.26 Å². The Morgan fingerprint density at radius 2 is 2.44 bits per heavy atom. The SMILES string of the molecule is CCCC(C#N)NC(=O)c1ccnc(C)c1. The second-order valence-corrected chi connectivity index (χ2v) is 3.63. The number of nitrogens with one attached hydrogen (secondary N) is 1. The van der Waals surface area contributed by atoms with Gasteiger partial charge < -0.3 is 5.32 Å². The van der Waals surface area contributed by atoms with Gasteiger partial charge in [0.1, 0.15) is 6.04 Å². The van der Waals surface area contributed by atoms with E-state index in [9.17, 15) is 4.79 Å². The number of aryl methyl sites for hydroxylation is 1. The van der Waals surface area contributed by atoms with Gasteiger partial charge in [0.25, 0.3) is 5.91 Å². The van der Waals surface area contributed by atoms with Crippen molar-refractivity contribution in [3.8, 4) is 6.07 Å². The molecule has 16 heavy (non-hydrogen) atoms. The quantitative estimate of drug-likeness (QED) is 0.836. The van der Waals surface area contributed by atoms with Gasteiger partial charge in [0, 0.05) is 17.5 Å². The molecule has 4 heteroatoms. The molecule has 4 nitrogen and oxygen atoms in total. The van der Waals surface area contributed by atoms with Crippen molar-refractivity contribution in [2.75, 3.05) is 0 Å². The first-order valence-electron chi connectivity index (χ1n) is 5.30. The van der Waals surface area contributed by atoms with Crippen LogP contribution in [0.1, 0.15) is 35.8 Å². The van der Waals surface area contributed by atoms with Crippen LogP contribution in [0.3, 0.4) is 0 Å². The van der Waals surface area contributed by atoms with Gasteiger partial charge in [0.05, 0.1) is 6.07 Å². The molecule has 1 aromatic rings. The molecule has 0 aliphatic rings. The largest absolute Gasteiger partial charge is 0.336 e. The van der Waals surface area contributed by atoms with Crippen molar-refractivity contribution in [2.45, 2.75) is 32.7 Å². The van der Waals surface area contributed by atoms with E-state index in [1.807, 2.05) is 13.8 Å². The molecule has 1 N–H and O–H groups in total. The highest BCUT2D eigenvalue weighted by atomic mass is 16.1. The summed E-state index contributed by atoms with van der Waals surface area (Å²) in [5.41, 5.74) is 1.33. The summed E-state index contributed by atoms with van der Waals surface area (Å²) < 4.78 is 0. The average Bonchev–Trinajstić information content (AvgIpc) is 2.28. The maximum absolute atomic E-state index is 11.8. The summed E-state index contributed by atoms with van der Waals surface area (Å²) in [7, 11) is 0. The number of nitrogens with zero attached hydrogens (tertiary/aromatic N) is 2. The molecule has 84 valence electrons. The lowest BCUT2D eigenvalue weighted by Crippen LogP contribution is -2.33. The number of nitriles is 1. The number of carbonyl (C=O) groups excluding carboxylic acids is 1. The van der Waals surface area contributed by atoms with Crippen LogP contribution < -0.4 is 5.32 Å². The van der Waals surface area contributed by atoms with Crippen LogP contribution in [0, 0.1) is 18.3 Å². The van der Waals surface area contributed by atoms with Crippen LogP contribution in [0.25, 0.3) is 0 Å². The molecule has 0 aliphatic heterocycles. The van der Waals surface area contributed by atoms with E-state index in [1.165, 1.54) is 0 Å². The van der Waals surface area contributed by atoms with E-state index < -0.39 is 6.04 Å². The van der Waals surface area contributed by atoms with Gasteiger partial charge in [-0.15, -0.1) is 0 Å². The second-order valence-electron chi connectivity index (χ2n) is 3.63. The van der Waals surface area contributed by atoms with Crippen LogP contribution in [0.15, 0.2) is 18.3 Å². The number of hydrogen-bond acceptors (Lipinski definition) is 3. The highest BCUT2D eigenvalue weighted by Gasteiger charge is 2.12. The van der Waals surface area contributed by atoms with E-state index in [-0.39, 0.29) is 5.91 Å². The zero-order valence-corrected chi connectivity index (χ0v) is 9.53. The molecule has 1 heterocycles. The minimum atomic E-state index is -0.411. The number of carbonyl (C=O) groups is 1. The molecule has 1 atom stereocenters. The molecule has 0 aliphatic carbocycles. The van der Waals surface area contributed by atoms with Gasteiger partial charge in [-0.3, -0.25) is 9.78 Å². The Kier molecular flexibility index (Phi) is 4.46. The summed E-state index contributed by atoms with van der Waals surface area (Å²) in [5, 5.41) is 11.5. The summed E-state index contributed by atoms with van der Waals surface area (Å²) in [6, 6.07) is 5.01. The maximum atomic E-state index is 11.8. The van der Waals surface area contributed by atoms with E-state index in [0.717, 1.165) is 12.1 Å². The van der Waals surface area contributed by atoms with E-state index in [0.29, 0.717) is 12.0 Å². The third-order valence-corrected chi connectivity index (χ3v) is 2.20. The minimum Gasteiger partial charge on any atom is -0.336 e.